The van der Waals surface area contributed by atoms with Crippen LogP contribution >= 0.6 is 34.2 Å². The first-order chi connectivity index (χ1) is 8.60. The number of hydrogen-bond acceptors (Lipinski definition) is 4. The summed E-state index contributed by atoms with van der Waals surface area (Å²) in [5.74, 6) is 1.15. The van der Waals surface area contributed by atoms with E-state index in [9.17, 15) is 0 Å². The van der Waals surface area contributed by atoms with Crippen LogP contribution in [0.2, 0.25) is 5.02 Å². The maximum Gasteiger partial charge on any atom is 0.259 e. The van der Waals surface area contributed by atoms with Crippen LogP contribution in [0, 0.1) is 3.57 Å². The number of aromatic nitrogens is 2. The molecule has 1 unspecified atom stereocenters. The topological polar surface area (TPSA) is 51.0 Å². The Morgan fingerprint density at radius 1 is 1.50 bits per heavy atom. The van der Waals surface area contributed by atoms with Gasteiger partial charge in [-0.05, 0) is 54.8 Å². The Morgan fingerprint density at radius 3 is 2.94 bits per heavy atom. The number of nitrogens with zero attached hydrogens (tertiary/aromatic N) is 2. The zero-order chi connectivity index (χ0) is 13.1. The van der Waals surface area contributed by atoms with E-state index in [2.05, 4.69) is 45.0 Å². The highest BCUT2D eigenvalue weighted by molar-refractivity contribution is 14.1. The molecule has 1 N–H and O–H groups in total. The monoisotopic (exact) mass is 377 g/mol. The molecule has 0 aliphatic heterocycles. The second-order valence-corrected chi connectivity index (χ2v) is 5.69. The molecule has 0 saturated carbocycles. The Balaban J connectivity index is 2.24. The molecule has 18 heavy (non-hydrogen) atoms. The van der Waals surface area contributed by atoms with Crippen LogP contribution in [0.3, 0.4) is 0 Å². The van der Waals surface area contributed by atoms with E-state index in [1.165, 1.54) is 0 Å². The zero-order valence-electron chi connectivity index (χ0n) is 10.1. The van der Waals surface area contributed by atoms with E-state index in [4.69, 9.17) is 16.1 Å². The summed E-state index contributed by atoms with van der Waals surface area (Å²) in [6.07, 6.45) is 0.724. The van der Waals surface area contributed by atoms with E-state index in [-0.39, 0.29) is 0 Å². The number of hydrogen-bond donors (Lipinski definition) is 1. The van der Waals surface area contributed by atoms with Crippen molar-refractivity contribution in [3.8, 4) is 11.5 Å². The fourth-order valence-electron chi connectivity index (χ4n) is 1.49. The normalized spacial score (nSPS) is 12.7. The summed E-state index contributed by atoms with van der Waals surface area (Å²) in [7, 11) is 1.90. The van der Waals surface area contributed by atoms with Gasteiger partial charge in [-0.2, -0.15) is 4.98 Å². The Hall–Kier alpha value is -0.660. The summed E-state index contributed by atoms with van der Waals surface area (Å²) in [6, 6.07) is 6.03. The minimum Gasteiger partial charge on any atom is -0.334 e. The number of halogens is 2. The van der Waals surface area contributed by atoms with Crippen LogP contribution in [0.25, 0.3) is 11.5 Å². The van der Waals surface area contributed by atoms with Crippen LogP contribution in [0.4, 0.5) is 0 Å². The first-order valence-corrected chi connectivity index (χ1v) is 7.01. The van der Waals surface area contributed by atoms with Gasteiger partial charge in [0.1, 0.15) is 0 Å². The molecule has 0 spiro atoms. The smallest absolute Gasteiger partial charge is 0.259 e. The van der Waals surface area contributed by atoms with E-state index in [0.717, 1.165) is 15.6 Å². The molecule has 0 saturated heterocycles. The first-order valence-electron chi connectivity index (χ1n) is 5.55. The second-order valence-electron chi connectivity index (χ2n) is 4.03. The fourth-order valence-corrected chi connectivity index (χ4v) is 2.42. The summed E-state index contributed by atoms with van der Waals surface area (Å²) in [5, 5.41) is 7.71. The summed E-state index contributed by atoms with van der Waals surface area (Å²) in [6.45, 7) is 2.06. The van der Waals surface area contributed by atoms with Crippen LogP contribution < -0.4 is 5.32 Å². The van der Waals surface area contributed by atoms with Crippen molar-refractivity contribution in [2.75, 3.05) is 7.05 Å². The average molecular weight is 378 g/mol. The molecule has 0 amide bonds. The minimum atomic E-state index is 0.308. The van der Waals surface area contributed by atoms with Crippen molar-refractivity contribution in [2.24, 2.45) is 0 Å². The van der Waals surface area contributed by atoms with Crippen molar-refractivity contribution < 1.29 is 4.52 Å². The maximum atomic E-state index is 6.16. The molecule has 6 heteroatoms. The molecule has 0 aliphatic carbocycles. The van der Waals surface area contributed by atoms with E-state index in [1.54, 1.807) is 0 Å². The quantitative estimate of drug-likeness (QED) is 0.832. The van der Waals surface area contributed by atoms with Crippen LogP contribution in [0.15, 0.2) is 22.7 Å². The number of likely N-dealkylation sites (N-methyl/N-ethyl adjacent to an activating group) is 1. The third-order valence-corrected chi connectivity index (χ3v) is 3.59. The van der Waals surface area contributed by atoms with Gasteiger partial charge in [0.25, 0.3) is 5.89 Å². The van der Waals surface area contributed by atoms with Crippen molar-refractivity contribution in [1.82, 2.24) is 15.5 Å². The molecule has 2 aromatic rings. The summed E-state index contributed by atoms with van der Waals surface area (Å²) < 4.78 is 6.31. The fraction of sp³-hybridized carbons (Fsp3) is 0.333. The van der Waals surface area contributed by atoms with Gasteiger partial charge in [0.15, 0.2) is 5.82 Å². The molecule has 0 aliphatic rings. The Labute approximate surface area is 124 Å². The summed E-state index contributed by atoms with van der Waals surface area (Å²) >= 11 is 8.37. The molecule has 0 bridgehead atoms. The molecule has 2 rings (SSSR count). The zero-order valence-corrected chi connectivity index (χ0v) is 13.0. The van der Waals surface area contributed by atoms with Gasteiger partial charge in [-0.3, -0.25) is 0 Å². The Bertz CT molecular complexity index is 544. The van der Waals surface area contributed by atoms with Crippen LogP contribution in [-0.4, -0.2) is 23.2 Å². The highest BCUT2D eigenvalue weighted by atomic mass is 127. The van der Waals surface area contributed by atoms with Crippen molar-refractivity contribution in [2.45, 2.75) is 19.4 Å². The summed E-state index contributed by atoms with van der Waals surface area (Å²) in [5.41, 5.74) is 0.771. The third kappa shape index (κ3) is 3.21. The van der Waals surface area contributed by atoms with Crippen molar-refractivity contribution in [3.63, 3.8) is 0 Å². The third-order valence-electron chi connectivity index (χ3n) is 2.61. The molecule has 0 radical (unpaired) electrons. The van der Waals surface area contributed by atoms with Gasteiger partial charge in [-0.25, -0.2) is 0 Å². The van der Waals surface area contributed by atoms with Crippen LogP contribution in [-0.2, 0) is 6.42 Å². The van der Waals surface area contributed by atoms with Crippen molar-refractivity contribution in [1.29, 1.82) is 0 Å². The van der Waals surface area contributed by atoms with Gasteiger partial charge in [-0.1, -0.05) is 16.8 Å². The molecule has 1 aromatic carbocycles. The Morgan fingerprint density at radius 2 is 2.28 bits per heavy atom. The van der Waals surface area contributed by atoms with Crippen LogP contribution in [0.1, 0.15) is 12.7 Å². The van der Waals surface area contributed by atoms with Gasteiger partial charge in [0, 0.05) is 16.0 Å². The second kappa shape index (κ2) is 5.99. The first kappa shape index (κ1) is 13.8. The van der Waals surface area contributed by atoms with Gasteiger partial charge >= 0.3 is 0 Å². The standard InChI is InChI=1S/C12H13ClIN3O/c1-7(15-2)5-11-16-12(18-17-11)9-4-3-8(14)6-10(9)13/h3-4,6-7,15H,5H2,1-2H3. The molecule has 96 valence electrons. The summed E-state index contributed by atoms with van der Waals surface area (Å²) in [4.78, 5) is 4.35. The molecule has 4 nitrogen and oxygen atoms in total. The van der Waals surface area contributed by atoms with Crippen molar-refractivity contribution in [3.05, 3.63) is 32.6 Å². The van der Waals surface area contributed by atoms with Gasteiger partial charge in [0.05, 0.1) is 10.6 Å². The predicted molar refractivity (Wildman–Crippen MR) is 79.7 cm³/mol. The van der Waals surface area contributed by atoms with Gasteiger partial charge in [-0.15, -0.1) is 0 Å². The van der Waals surface area contributed by atoms with Gasteiger partial charge in [0.2, 0.25) is 0 Å². The molecular weight excluding hydrogens is 365 g/mol. The molecular formula is C12H13ClIN3O. The lowest BCUT2D eigenvalue weighted by molar-refractivity contribution is 0.418. The number of nitrogens with one attached hydrogen (secondary N) is 1. The number of benzene rings is 1. The highest BCUT2D eigenvalue weighted by Gasteiger charge is 2.13. The molecule has 1 atom stereocenters. The van der Waals surface area contributed by atoms with E-state index in [0.29, 0.717) is 22.8 Å². The largest absolute Gasteiger partial charge is 0.334 e. The average Bonchev–Trinajstić information content (AvgIpc) is 2.77. The Kier molecular flexibility index (Phi) is 4.58. The number of rotatable bonds is 4. The van der Waals surface area contributed by atoms with Gasteiger partial charge < -0.3 is 9.84 Å². The van der Waals surface area contributed by atoms with Crippen LogP contribution in [0.5, 0.6) is 0 Å². The lowest BCUT2D eigenvalue weighted by Gasteiger charge is -2.04. The molecule has 0 fully saturated rings. The van der Waals surface area contributed by atoms with Crippen molar-refractivity contribution >= 4 is 34.2 Å². The highest BCUT2D eigenvalue weighted by Crippen LogP contribution is 2.28. The SMILES string of the molecule is CNC(C)Cc1noc(-c2ccc(I)cc2Cl)n1. The van der Waals surface area contributed by atoms with E-state index < -0.39 is 0 Å². The lowest BCUT2D eigenvalue weighted by Crippen LogP contribution is -2.24. The minimum absolute atomic E-state index is 0.308. The van der Waals surface area contributed by atoms with E-state index >= 15 is 0 Å². The molecule has 1 aromatic heterocycles. The van der Waals surface area contributed by atoms with E-state index in [1.807, 2.05) is 25.2 Å². The predicted octanol–water partition coefficient (Wildman–Crippen LogP) is 3.15. The lowest BCUT2D eigenvalue weighted by atomic mass is 10.2. The maximum absolute atomic E-state index is 6.16. The molecule has 1 heterocycles.